The molecule has 4 rings (SSSR count). The maximum absolute atomic E-state index is 12.8. The maximum atomic E-state index is 12.8. The third-order valence-electron chi connectivity index (χ3n) is 7.56. The standard InChI is InChI=1S/C20H26O4/c1-6-18(4)14(22)9-13-19(5)10-11(21)15(23)17(2,3)12(19)7-8-20(13)16(18)24-20/h6,9,12,15-16,23H,1,7-8,10H2,2-5H3. The molecule has 0 radical (unpaired) electrons. The molecular weight excluding hydrogens is 304 g/mol. The van der Waals surface area contributed by atoms with Crippen LogP contribution in [0.4, 0.5) is 0 Å². The van der Waals surface area contributed by atoms with Crippen LogP contribution in [0.2, 0.25) is 0 Å². The molecule has 0 aromatic carbocycles. The van der Waals surface area contributed by atoms with Crippen LogP contribution in [0.25, 0.3) is 0 Å². The van der Waals surface area contributed by atoms with E-state index in [2.05, 4.69) is 13.5 Å². The summed E-state index contributed by atoms with van der Waals surface area (Å²) in [4.78, 5) is 25.3. The van der Waals surface area contributed by atoms with E-state index in [1.807, 2.05) is 20.8 Å². The van der Waals surface area contributed by atoms with Gasteiger partial charge in [-0.25, -0.2) is 0 Å². The van der Waals surface area contributed by atoms with E-state index >= 15 is 0 Å². The molecule has 1 aliphatic heterocycles. The Morgan fingerprint density at radius 1 is 1.29 bits per heavy atom. The largest absolute Gasteiger partial charge is 0.385 e. The minimum Gasteiger partial charge on any atom is -0.385 e. The molecule has 4 heteroatoms. The van der Waals surface area contributed by atoms with Gasteiger partial charge in [0, 0.05) is 17.3 Å². The number of rotatable bonds is 1. The van der Waals surface area contributed by atoms with E-state index in [9.17, 15) is 14.7 Å². The summed E-state index contributed by atoms with van der Waals surface area (Å²) in [5, 5.41) is 10.4. The summed E-state index contributed by atoms with van der Waals surface area (Å²) in [6, 6.07) is 0. The number of hydrogen-bond donors (Lipinski definition) is 1. The van der Waals surface area contributed by atoms with Crippen LogP contribution in [0.3, 0.4) is 0 Å². The van der Waals surface area contributed by atoms with Crippen LogP contribution in [-0.4, -0.2) is 34.5 Å². The fourth-order valence-corrected chi connectivity index (χ4v) is 6.05. The number of allylic oxidation sites excluding steroid dienone is 1. The van der Waals surface area contributed by atoms with E-state index < -0.39 is 27.9 Å². The highest BCUT2D eigenvalue weighted by Gasteiger charge is 2.75. The Labute approximate surface area is 143 Å². The summed E-state index contributed by atoms with van der Waals surface area (Å²) in [6.45, 7) is 11.8. The Bertz CT molecular complexity index is 704. The van der Waals surface area contributed by atoms with Gasteiger partial charge in [-0.15, -0.1) is 6.58 Å². The van der Waals surface area contributed by atoms with Crippen molar-refractivity contribution in [2.24, 2.45) is 22.2 Å². The lowest BCUT2D eigenvalue weighted by atomic mass is 9.45. The Morgan fingerprint density at radius 2 is 1.96 bits per heavy atom. The average Bonchev–Trinajstić information content (AvgIpc) is 3.24. The van der Waals surface area contributed by atoms with Crippen molar-refractivity contribution in [3.8, 4) is 0 Å². The van der Waals surface area contributed by atoms with Crippen LogP contribution in [0.15, 0.2) is 24.3 Å². The zero-order valence-corrected chi connectivity index (χ0v) is 14.9. The van der Waals surface area contributed by atoms with Gasteiger partial charge in [-0.3, -0.25) is 9.59 Å². The molecule has 6 unspecified atom stereocenters. The molecule has 1 spiro atoms. The van der Waals surface area contributed by atoms with Gasteiger partial charge in [-0.05, 0) is 37.3 Å². The Kier molecular flexibility index (Phi) is 2.89. The highest BCUT2D eigenvalue weighted by Crippen LogP contribution is 2.70. The molecule has 0 aromatic heterocycles. The molecule has 0 bridgehead atoms. The number of aliphatic hydroxyl groups is 1. The van der Waals surface area contributed by atoms with Crippen LogP contribution in [0.1, 0.15) is 47.0 Å². The van der Waals surface area contributed by atoms with Crippen LogP contribution >= 0.6 is 0 Å². The van der Waals surface area contributed by atoms with Crippen molar-refractivity contribution in [3.63, 3.8) is 0 Å². The second kappa shape index (κ2) is 4.28. The summed E-state index contributed by atoms with van der Waals surface area (Å²) < 4.78 is 6.16. The lowest BCUT2D eigenvalue weighted by molar-refractivity contribution is -0.155. The molecule has 1 N–H and O–H groups in total. The Hall–Kier alpha value is -1.26. The first kappa shape index (κ1) is 16.2. The van der Waals surface area contributed by atoms with Gasteiger partial charge >= 0.3 is 0 Å². The van der Waals surface area contributed by atoms with Gasteiger partial charge in [0.2, 0.25) is 0 Å². The smallest absolute Gasteiger partial charge is 0.168 e. The quantitative estimate of drug-likeness (QED) is 0.593. The van der Waals surface area contributed by atoms with Crippen LogP contribution in [0, 0.1) is 22.2 Å². The molecule has 24 heavy (non-hydrogen) atoms. The number of carbonyl (C=O) groups excluding carboxylic acids is 2. The fourth-order valence-electron chi connectivity index (χ4n) is 6.05. The van der Waals surface area contributed by atoms with Gasteiger partial charge in [-0.2, -0.15) is 0 Å². The average molecular weight is 330 g/mol. The molecule has 4 aliphatic rings. The summed E-state index contributed by atoms with van der Waals surface area (Å²) in [7, 11) is 0. The first-order chi connectivity index (χ1) is 11.0. The molecule has 1 heterocycles. The van der Waals surface area contributed by atoms with E-state index in [0.29, 0.717) is 0 Å². The lowest BCUT2D eigenvalue weighted by Gasteiger charge is -2.57. The van der Waals surface area contributed by atoms with E-state index in [1.165, 1.54) is 0 Å². The number of aliphatic hydroxyl groups excluding tert-OH is 1. The second-order valence-electron chi connectivity index (χ2n) is 9.17. The fraction of sp³-hybridized carbons (Fsp3) is 0.700. The number of Topliss-reactive ketones (excluding diaryl/α,β-unsaturated/α-hetero) is 1. The van der Waals surface area contributed by atoms with Gasteiger partial charge < -0.3 is 9.84 Å². The molecular formula is C20H26O4. The second-order valence-corrected chi connectivity index (χ2v) is 9.17. The van der Waals surface area contributed by atoms with Crippen molar-refractivity contribution in [2.45, 2.75) is 64.8 Å². The molecule has 4 nitrogen and oxygen atoms in total. The number of epoxide rings is 1. The molecule has 130 valence electrons. The molecule has 0 aromatic rings. The molecule has 3 fully saturated rings. The normalized spacial score (nSPS) is 51.9. The van der Waals surface area contributed by atoms with Crippen molar-refractivity contribution in [1.82, 2.24) is 0 Å². The molecule has 3 aliphatic carbocycles. The van der Waals surface area contributed by atoms with Crippen LogP contribution in [0.5, 0.6) is 0 Å². The van der Waals surface area contributed by atoms with Crippen molar-refractivity contribution >= 4 is 11.6 Å². The minimum absolute atomic E-state index is 0.0175. The van der Waals surface area contributed by atoms with Crippen molar-refractivity contribution < 1.29 is 19.4 Å². The van der Waals surface area contributed by atoms with Gasteiger partial charge in [-0.1, -0.05) is 26.8 Å². The maximum Gasteiger partial charge on any atom is 0.168 e. The monoisotopic (exact) mass is 330 g/mol. The first-order valence-corrected chi connectivity index (χ1v) is 8.83. The zero-order valence-electron chi connectivity index (χ0n) is 14.9. The number of carbonyl (C=O) groups is 2. The first-order valence-electron chi connectivity index (χ1n) is 8.83. The predicted octanol–water partition coefficient (Wildman–Crippen LogP) is 2.60. The topological polar surface area (TPSA) is 66.9 Å². The van der Waals surface area contributed by atoms with Crippen molar-refractivity contribution in [1.29, 1.82) is 0 Å². The van der Waals surface area contributed by atoms with E-state index in [0.717, 1.165) is 18.4 Å². The summed E-state index contributed by atoms with van der Waals surface area (Å²) in [5.74, 6) is 0.0441. The molecule has 2 saturated carbocycles. The summed E-state index contributed by atoms with van der Waals surface area (Å²) in [5.41, 5.74) is -1.04. The predicted molar refractivity (Wildman–Crippen MR) is 89.2 cm³/mol. The van der Waals surface area contributed by atoms with Gasteiger partial charge in [0.1, 0.15) is 17.8 Å². The highest BCUT2D eigenvalue weighted by atomic mass is 16.6. The summed E-state index contributed by atoms with van der Waals surface area (Å²) >= 11 is 0. The number of fused-ring (bicyclic) bond motifs is 2. The molecule has 6 atom stereocenters. The third-order valence-corrected chi connectivity index (χ3v) is 7.56. The summed E-state index contributed by atoms with van der Waals surface area (Å²) in [6.07, 6.45) is 4.35. The Morgan fingerprint density at radius 3 is 2.58 bits per heavy atom. The minimum atomic E-state index is -0.932. The van der Waals surface area contributed by atoms with E-state index in [1.54, 1.807) is 12.2 Å². The third kappa shape index (κ3) is 1.57. The van der Waals surface area contributed by atoms with Crippen molar-refractivity contribution in [3.05, 3.63) is 24.3 Å². The Balaban J connectivity index is 1.86. The zero-order chi connectivity index (χ0) is 17.7. The highest BCUT2D eigenvalue weighted by molar-refractivity contribution is 6.00. The van der Waals surface area contributed by atoms with E-state index in [4.69, 9.17) is 4.74 Å². The number of hydrogen-bond acceptors (Lipinski definition) is 4. The van der Waals surface area contributed by atoms with E-state index in [-0.39, 0.29) is 30.0 Å². The van der Waals surface area contributed by atoms with Crippen molar-refractivity contribution in [2.75, 3.05) is 0 Å². The van der Waals surface area contributed by atoms with Gasteiger partial charge in [0.25, 0.3) is 0 Å². The van der Waals surface area contributed by atoms with Crippen LogP contribution in [-0.2, 0) is 14.3 Å². The number of ketones is 2. The molecule has 1 saturated heterocycles. The van der Waals surface area contributed by atoms with Gasteiger partial charge in [0.05, 0.1) is 5.41 Å². The molecule has 0 amide bonds. The SMILES string of the molecule is C=CC1(C)C(=O)C=C2C3(C)CC(=O)C(O)C(C)(C)C3CCC23OC13. The van der Waals surface area contributed by atoms with Crippen LogP contribution < -0.4 is 0 Å². The van der Waals surface area contributed by atoms with Gasteiger partial charge in [0.15, 0.2) is 11.6 Å². The lowest BCUT2D eigenvalue weighted by Crippen LogP contribution is -2.60. The number of ether oxygens (including phenoxy) is 1.